The topological polar surface area (TPSA) is 69.7 Å². The lowest BCUT2D eigenvalue weighted by atomic mass is 10.2. The molecular formula is C20H18ClF2N3O3. The van der Waals surface area contributed by atoms with Gasteiger partial charge in [-0.05, 0) is 36.4 Å². The SMILES string of the molecule is O=C(NCC(=O)N1CCN(C(=O)c2ccc(Cl)cc2)CC1)c1ccc(F)cc1F. The maximum Gasteiger partial charge on any atom is 0.254 e. The molecule has 2 aromatic rings. The normalized spacial score (nSPS) is 13.9. The van der Waals surface area contributed by atoms with Gasteiger partial charge in [-0.1, -0.05) is 11.6 Å². The second-order valence-electron chi connectivity index (χ2n) is 6.49. The summed E-state index contributed by atoms with van der Waals surface area (Å²) >= 11 is 5.83. The number of benzene rings is 2. The van der Waals surface area contributed by atoms with Crippen molar-refractivity contribution in [2.75, 3.05) is 32.7 Å². The summed E-state index contributed by atoms with van der Waals surface area (Å²) in [6.07, 6.45) is 0. The van der Waals surface area contributed by atoms with E-state index in [4.69, 9.17) is 11.6 Å². The van der Waals surface area contributed by atoms with Crippen LogP contribution in [0.5, 0.6) is 0 Å². The Morgan fingerprint density at radius 1 is 0.931 bits per heavy atom. The molecule has 0 unspecified atom stereocenters. The Morgan fingerprint density at radius 2 is 1.55 bits per heavy atom. The van der Waals surface area contributed by atoms with E-state index < -0.39 is 17.5 Å². The molecule has 1 saturated heterocycles. The van der Waals surface area contributed by atoms with Crippen molar-refractivity contribution < 1.29 is 23.2 Å². The van der Waals surface area contributed by atoms with E-state index in [9.17, 15) is 23.2 Å². The quantitative estimate of drug-likeness (QED) is 0.823. The van der Waals surface area contributed by atoms with Gasteiger partial charge in [0, 0.05) is 42.8 Å². The number of carbonyl (C=O) groups excluding carboxylic acids is 3. The Hall–Kier alpha value is -3.00. The predicted octanol–water partition coefficient (Wildman–Crippen LogP) is 2.33. The van der Waals surface area contributed by atoms with Crippen LogP contribution in [0, 0.1) is 11.6 Å². The van der Waals surface area contributed by atoms with Crippen molar-refractivity contribution in [3.8, 4) is 0 Å². The van der Waals surface area contributed by atoms with Gasteiger partial charge < -0.3 is 15.1 Å². The van der Waals surface area contributed by atoms with Crippen LogP contribution in [-0.2, 0) is 4.79 Å². The highest BCUT2D eigenvalue weighted by atomic mass is 35.5. The van der Waals surface area contributed by atoms with Gasteiger partial charge in [0.1, 0.15) is 11.6 Å². The van der Waals surface area contributed by atoms with Crippen molar-refractivity contribution in [3.63, 3.8) is 0 Å². The first-order valence-electron chi connectivity index (χ1n) is 8.91. The molecule has 1 N–H and O–H groups in total. The zero-order chi connectivity index (χ0) is 21.0. The molecule has 3 amide bonds. The molecule has 1 aliphatic heterocycles. The number of nitrogens with zero attached hydrogens (tertiary/aromatic N) is 2. The van der Waals surface area contributed by atoms with E-state index in [0.717, 1.165) is 12.1 Å². The van der Waals surface area contributed by atoms with Crippen LogP contribution in [0.2, 0.25) is 5.02 Å². The van der Waals surface area contributed by atoms with Gasteiger partial charge in [-0.25, -0.2) is 8.78 Å². The summed E-state index contributed by atoms with van der Waals surface area (Å²) in [5.41, 5.74) is 0.181. The summed E-state index contributed by atoms with van der Waals surface area (Å²) in [6.45, 7) is 1.03. The lowest BCUT2D eigenvalue weighted by Crippen LogP contribution is -2.52. The van der Waals surface area contributed by atoms with Gasteiger partial charge in [-0.2, -0.15) is 0 Å². The molecule has 1 heterocycles. The second kappa shape index (κ2) is 9.00. The molecule has 152 valence electrons. The van der Waals surface area contributed by atoms with E-state index in [1.54, 1.807) is 29.2 Å². The van der Waals surface area contributed by atoms with Gasteiger partial charge in [0.15, 0.2) is 0 Å². The lowest BCUT2D eigenvalue weighted by Gasteiger charge is -2.34. The third kappa shape index (κ3) is 5.08. The number of piperazine rings is 1. The number of nitrogens with one attached hydrogen (secondary N) is 1. The summed E-state index contributed by atoms with van der Waals surface area (Å²) in [6, 6.07) is 9.16. The average molecular weight is 422 g/mol. The lowest BCUT2D eigenvalue weighted by molar-refractivity contribution is -0.131. The highest BCUT2D eigenvalue weighted by Crippen LogP contribution is 2.13. The fraction of sp³-hybridized carbons (Fsp3) is 0.250. The average Bonchev–Trinajstić information content (AvgIpc) is 2.72. The van der Waals surface area contributed by atoms with E-state index in [2.05, 4.69) is 5.32 Å². The molecule has 3 rings (SSSR count). The molecule has 0 radical (unpaired) electrons. The van der Waals surface area contributed by atoms with E-state index >= 15 is 0 Å². The Morgan fingerprint density at radius 3 is 2.17 bits per heavy atom. The summed E-state index contributed by atoms with van der Waals surface area (Å²) in [5, 5.41) is 2.88. The number of hydrogen-bond acceptors (Lipinski definition) is 3. The number of amides is 3. The van der Waals surface area contributed by atoms with Crippen molar-refractivity contribution >= 4 is 29.3 Å². The van der Waals surface area contributed by atoms with Crippen LogP contribution in [-0.4, -0.2) is 60.2 Å². The molecule has 0 spiro atoms. The zero-order valence-corrected chi connectivity index (χ0v) is 16.1. The third-order valence-electron chi connectivity index (χ3n) is 4.59. The molecule has 0 aliphatic carbocycles. The molecule has 1 aliphatic rings. The standard InChI is InChI=1S/C20H18ClF2N3O3/c21-14-3-1-13(2-4-14)20(29)26-9-7-25(8-10-26)18(27)12-24-19(28)16-6-5-15(22)11-17(16)23/h1-6,11H,7-10,12H2,(H,24,28). The molecule has 0 bridgehead atoms. The smallest absolute Gasteiger partial charge is 0.254 e. The van der Waals surface area contributed by atoms with Crippen molar-refractivity contribution in [1.29, 1.82) is 0 Å². The van der Waals surface area contributed by atoms with Crippen LogP contribution < -0.4 is 5.32 Å². The van der Waals surface area contributed by atoms with Crippen LogP contribution in [0.3, 0.4) is 0 Å². The summed E-state index contributed by atoms with van der Waals surface area (Å²) < 4.78 is 26.5. The van der Waals surface area contributed by atoms with Crippen molar-refractivity contribution in [1.82, 2.24) is 15.1 Å². The summed E-state index contributed by atoms with van der Waals surface area (Å²) in [7, 11) is 0. The van der Waals surface area contributed by atoms with Crippen LogP contribution >= 0.6 is 11.6 Å². The molecule has 0 aromatic heterocycles. The first-order valence-corrected chi connectivity index (χ1v) is 9.29. The monoisotopic (exact) mass is 421 g/mol. The minimum absolute atomic E-state index is 0.145. The fourth-order valence-corrected chi connectivity index (χ4v) is 3.10. The molecule has 0 atom stereocenters. The number of rotatable bonds is 4. The second-order valence-corrected chi connectivity index (χ2v) is 6.92. The largest absolute Gasteiger partial charge is 0.343 e. The zero-order valence-electron chi connectivity index (χ0n) is 15.3. The molecule has 6 nitrogen and oxygen atoms in total. The molecule has 2 aromatic carbocycles. The highest BCUT2D eigenvalue weighted by molar-refractivity contribution is 6.30. The van der Waals surface area contributed by atoms with Crippen molar-refractivity contribution in [2.45, 2.75) is 0 Å². The minimum atomic E-state index is -0.996. The Bertz CT molecular complexity index is 929. The third-order valence-corrected chi connectivity index (χ3v) is 4.84. The van der Waals surface area contributed by atoms with Gasteiger partial charge in [0.25, 0.3) is 11.8 Å². The van der Waals surface area contributed by atoms with E-state index in [1.807, 2.05) is 0 Å². The highest BCUT2D eigenvalue weighted by Gasteiger charge is 2.25. The van der Waals surface area contributed by atoms with Crippen LogP contribution in [0.15, 0.2) is 42.5 Å². The summed E-state index contributed by atoms with van der Waals surface area (Å²) in [4.78, 5) is 39.9. The number of carbonyl (C=O) groups is 3. The Kier molecular flexibility index (Phi) is 6.43. The first kappa shape index (κ1) is 20.7. The Balaban J connectivity index is 1.49. The van der Waals surface area contributed by atoms with Crippen molar-refractivity contribution in [3.05, 3.63) is 70.2 Å². The first-order chi connectivity index (χ1) is 13.8. The molecule has 29 heavy (non-hydrogen) atoms. The van der Waals surface area contributed by atoms with Crippen LogP contribution in [0.25, 0.3) is 0 Å². The molecule has 0 saturated carbocycles. The van der Waals surface area contributed by atoms with Crippen molar-refractivity contribution in [2.24, 2.45) is 0 Å². The van der Waals surface area contributed by atoms with Gasteiger partial charge in [-0.3, -0.25) is 14.4 Å². The molecular weight excluding hydrogens is 404 g/mol. The maximum absolute atomic E-state index is 13.6. The fourth-order valence-electron chi connectivity index (χ4n) is 2.97. The summed E-state index contributed by atoms with van der Waals surface area (Å²) in [5.74, 6) is -3.08. The maximum atomic E-state index is 13.6. The van der Waals surface area contributed by atoms with Gasteiger partial charge in [0.2, 0.25) is 5.91 Å². The van der Waals surface area contributed by atoms with E-state index in [1.165, 1.54) is 4.90 Å². The van der Waals surface area contributed by atoms with E-state index in [0.29, 0.717) is 42.8 Å². The van der Waals surface area contributed by atoms with Crippen LogP contribution in [0.1, 0.15) is 20.7 Å². The van der Waals surface area contributed by atoms with E-state index in [-0.39, 0.29) is 23.9 Å². The van der Waals surface area contributed by atoms with Gasteiger partial charge in [0.05, 0.1) is 12.1 Å². The Labute approximate surface area is 171 Å². The molecule has 1 fully saturated rings. The predicted molar refractivity (Wildman–Crippen MR) is 103 cm³/mol. The van der Waals surface area contributed by atoms with Crippen LogP contribution in [0.4, 0.5) is 8.78 Å². The number of halogens is 3. The minimum Gasteiger partial charge on any atom is -0.343 e. The molecule has 9 heteroatoms. The van der Waals surface area contributed by atoms with Gasteiger partial charge in [-0.15, -0.1) is 0 Å². The van der Waals surface area contributed by atoms with Gasteiger partial charge >= 0.3 is 0 Å². The number of hydrogen-bond donors (Lipinski definition) is 1.